The standard InChI is InChI=1S/C14H20N2O/c1-11(2)10-17-13-6-3-5-12(9-13)14-15-7-4-8-16-14/h3,5-6,9,11H,4,7-8,10H2,1-2H3,(H,15,16). The number of amidine groups is 1. The molecule has 0 amide bonds. The van der Waals surface area contributed by atoms with Gasteiger partial charge in [-0.15, -0.1) is 0 Å². The van der Waals surface area contributed by atoms with Gasteiger partial charge in [-0.1, -0.05) is 26.0 Å². The molecular weight excluding hydrogens is 212 g/mol. The topological polar surface area (TPSA) is 33.6 Å². The van der Waals surface area contributed by atoms with Crippen molar-refractivity contribution in [2.24, 2.45) is 10.9 Å². The van der Waals surface area contributed by atoms with E-state index in [1.54, 1.807) is 0 Å². The van der Waals surface area contributed by atoms with Gasteiger partial charge in [0.1, 0.15) is 11.6 Å². The molecule has 3 nitrogen and oxygen atoms in total. The summed E-state index contributed by atoms with van der Waals surface area (Å²) in [6, 6.07) is 8.14. The molecule has 1 aromatic carbocycles. The van der Waals surface area contributed by atoms with E-state index in [4.69, 9.17) is 4.74 Å². The first-order chi connectivity index (χ1) is 8.25. The Hall–Kier alpha value is -1.51. The predicted molar refractivity (Wildman–Crippen MR) is 70.8 cm³/mol. The third-order valence-corrected chi connectivity index (χ3v) is 2.59. The highest BCUT2D eigenvalue weighted by atomic mass is 16.5. The Morgan fingerprint density at radius 1 is 1.41 bits per heavy atom. The molecule has 92 valence electrons. The quantitative estimate of drug-likeness (QED) is 0.865. The van der Waals surface area contributed by atoms with Gasteiger partial charge < -0.3 is 10.1 Å². The fourth-order valence-corrected chi connectivity index (χ4v) is 1.72. The minimum absolute atomic E-state index is 0.545. The number of ether oxygens (including phenoxy) is 1. The number of aliphatic imine (C=N–C) groups is 1. The molecule has 0 bridgehead atoms. The first-order valence-corrected chi connectivity index (χ1v) is 6.27. The Kier molecular flexibility index (Phi) is 4.02. The van der Waals surface area contributed by atoms with Gasteiger partial charge in [0, 0.05) is 18.7 Å². The molecule has 1 N–H and O–H groups in total. The summed E-state index contributed by atoms with van der Waals surface area (Å²) in [6.45, 7) is 6.98. The molecule has 0 spiro atoms. The molecule has 17 heavy (non-hydrogen) atoms. The molecule has 3 heteroatoms. The minimum Gasteiger partial charge on any atom is -0.493 e. The van der Waals surface area contributed by atoms with Crippen molar-refractivity contribution in [3.8, 4) is 5.75 Å². The van der Waals surface area contributed by atoms with Crippen molar-refractivity contribution in [2.45, 2.75) is 20.3 Å². The van der Waals surface area contributed by atoms with Crippen LogP contribution in [0.4, 0.5) is 0 Å². The van der Waals surface area contributed by atoms with Crippen LogP contribution in [-0.4, -0.2) is 25.5 Å². The molecule has 1 aliphatic heterocycles. The lowest BCUT2D eigenvalue weighted by Crippen LogP contribution is -2.30. The number of nitrogens with zero attached hydrogens (tertiary/aromatic N) is 1. The van der Waals surface area contributed by atoms with Gasteiger partial charge in [-0.05, 0) is 24.5 Å². The van der Waals surface area contributed by atoms with Crippen molar-refractivity contribution >= 4 is 5.84 Å². The van der Waals surface area contributed by atoms with Gasteiger partial charge in [0.25, 0.3) is 0 Å². The highest BCUT2D eigenvalue weighted by Gasteiger charge is 2.07. The minimum atomic E-state index is 0.545. The first-order valence-electron chi connectivity index (χ1n) is 6.27. The van der Waals surface area contributed by atoms with Crippen LogP contribution in [0.5, 0.6) is 5.75 Å². The second-order valence-corrected chi connectivity index (χ2v) is 4.74. The van der Waals surface area contributed by atoms with Crippen molar-refractivity contribution in [2.75, 3.05) is 19.7 Å². The van der Waals surface area contributed by atoms with E-state index >= 15 is 0 Å². The molecular formula is C14H20N2O. The number of nitrogens with one attached hydrogen (secondary N) is 1. The second-order valence-electron chi connectivity index (χ2n) is 4.74. The molecule has 1 heterocycles. The SMILES string of the molecule is CC(C)COc1cccc(C2=NCCCN2)c1. The Balaban J connectivity index is 2.08. The summed E-state index contributed by atoms with van der Waals surface area (Å²) in [5, 5.41) is 3.32. The van der Waals surface area contributed by atoms with E-state index in [1.807, 2.05) is 12.1 Å². The molecule has 0 fully saturated rings. The van der Waals surface area contributed by atoms with Gasteiger partial charge in [0.2, 0.25) is 0 Å². The van der Waals surface area contributed by atoms with Crippen LogP contribution in [0.1, 0.15) is 25.8 Å². The lowest BCUT2D eigenvalue weighted by Gasteiger charge is -2.15. The maximum atomic E-state index is 5.72. The lowest BCUT2D eigenvalue weighted by molar-refractivity contribution is 0.271. The first kappa shape index (κ1) is 12.0. The fourth-order valence-electron chi connectivity index (χ4n) is 1.72. The van der Waals surface area contributed by atoms with E-state index in [0.29, 0.717) is 5.92 Å². The summed E-state index contributed by atoms with van der Waals surface area (Å²) < 4.78 is 5.72. The van der Waals surface area contributed by atoms with Gasteiger partial charge in [0.15, 0.2) is 0 Å². The number of hydrogen-bond acceptors (Lipinski definition) is 3. The van der Waals surface area contributed by atoms with Crippen molar-refractivity contribution < 1.29 is 4.74 Å². The van der Waals surface area contributed by atoms with E-state index in [1.165, 1.54) is 0 Å². The Morgan fingerprint density at radius 2 is 2.29 bits per heavy atom. The maximum absolute atomic E-state index is 5.72. The molecule has 2 rings (SSSR count). The summed E-state index contributed by atoms with van der Waals surface area (Å²) in [6.07, 6.45) is 1.12. The summed E-state index contributed by atoms with van der Waals surface area (Å²) in [7, 11) is 0. The van der Waals surface area contributed by atoms with Crippen LogP contribution in [0.3, 0.4) is 0 Å². The molecule has 1 aliphatic rings. The summed E-state index contributed by atoms with van der Waals surface area (Å²) in [5.41, 5.74) is 1.12. The lowest BCUT2D eigenvalue weighted by atomic mass is 10.1. The average Bonchev–Trinajstić information content (AvgIpc) is 2.38. The Bertz CT molecular complexity index is 399. The van der Waals surface area contributed by atoms with Gasteiger partial charge >= 0.3 is 0 Å². The molecule has 0 saturated carbocycles. The third-order valence-electron chi connectivity index (χ3n) is 2.59. The van der Waals surface area contributed by atoms with Crippen LogP contribution < -0.4 is 10.1 Å². The van der Waals surface area contributed by atoms with Crippen molar-refractivity contribution in [3.63, 3.8) is 0 Å². The molecule has 0 unspecified atom stereocenters. The van der Waals surface area contributed by atoms with E-state index in [-0.39, 0.29) is 0 Å². The van der Waals surface area contributed by atoms with Crippen molar-refractivity contribution in [3.05, 3.63) is 29.8 Å². The van der Waals surface area contributed by atoms with Crippen LogP contribution in [0, 0.1) is 5.92 Å². The van der Waals surface area contributed by atoms with E-state index in [9.17, 15) is 0 Å². The summed E-state index contributed by atoms with van der Waals surface area (Å²) >= 11 is 0. The highest BCUT2D eigenvalue weighted by Crippen LogP contribution is 2.15. The van der Waals surface area contributed by atoms with Crippen LogP contribution in [0.25, 0.3) is 0 Å². The normalized spacial score (nSPS) is 15.4. The van der Waals surface area contributed by atoms with Crippen molar-refractivity contribution in [1.29, 1.82) is 0 Å². The van der Waals surface area contributed by atoms with Gasteiger partial charge in [-0.2, -0.15) is 0 Å². The van der Waals surface area contributed by atoms with Gasteiger partial charge in [0.05, 0.1) is 6.61 Å². The second kappa shape index (κ2) is 5.71. The Morgan fingerprint density at radius 3 is 3.00 bits per heavy atom. The maximum Gasteiger partial charge on any atom is 0.128 e. The summed E-state index contributed by atoms with van der Waals surface area (Å²) in [4.78, 5) is 4.49. The fraction of sp³-hybridized carbons (Fsp3) is 0.500. The number of hydrogen-bond donors (Lipinski definition) is 1. The zero-order valence-corrected chi connectivity index (χ0v) is 10.6. The van der Waals surface area contributed by atoms with E-state index in [2.05, 4.69) is 36.3 Å². The molecule has 0 aliphatic carbocycles. The van der Waals surface area contributed by atoms with Crippen LogP contribution in [0.15, 0.2) is 29.3 Å². The smallest absolute Gasteiger partial charge is 0.128 e. The largest absolute Gasteiger partial charge is 0.493 e. The summed E-state index contributed by atoms with van der Waals surface area (Å²) in [5.74, 6) is 2.46. The van der Waals surface area contributed by atoms with Gasteiger partial charge in [-0.3, -0.25) is 4.99 Å². The predicted octanol–water partition coefficient (Wildman–Crippen LogP) is 2.46. The molecule has 0 radical (unpaired) electrons. The highest BCUT2D eigenvalue weighted by molar-refractivity contribution is 5.99. The number of benzene rings is 1. The van der Waals surface area contributed by atoms with E-state index in [0.717, 1.165) is 43.3 Å². The molecule has 0 aromatic heterocycles. The molecule has 1 aromatic rings. The molecule has 0 atom stereocenters. The van der Waals surface area contributed by atoms with Gasteiger partial charge in [-0.25, -0.2) is 0 Å². The number of rotatable bonds is 4. The zero-order valence-electron chi connectivity index (χ0n) is 10.6. The van der Waals surface area contributed by atoms with Crippen LogP contribution in [0.2, 0.25) is 0 Å². The third kappa shape index (κ3) is 3.48. The van der Waals surface area contributed by atoms with Crippen LogP contribution >= 0.6 is 0 Å². The van der Waals surface area contributed by atoms with E-state index < -0.39 is 0 Å². The average molecular weight is 232 g/mol. The zero-order chi connectivity index (χ0) is 12.1. The van der Waals surface area contributed by atoms with Crippen LogP contribution in [-0.2, 0) is 0 Å². The monoisotopic (exact) mass is 232 g/mol. The molecule has 0 saturated heterocycles. The van der Waals surface area contributed by atoms with Crippen molar-refractivity contribution in [1.82, 2.24) is 5.32 Å². The Labute approximate surface area is 103 Å².